The quantitative estimate of drug-likeness (QED) is 0.442. The van der Waals surface area contributed by atoms with Crippen LogP contribution in [-0.4, -0.2) is 51.8 Å². The lowest BCUT2D eigenvalue weighted by Gasteiger charge is -2.20. The molecular formula is C21H23N3O5. The number of nitrogens with one attached hydrogen (secondary N) is 2. The number of carbonyl (C=O) groups excluding carboxylic acids is 4. The van der Waals surface area contributed by atoms with Gasteiger partial charge in [-0.2, -0.15) is 0 Å². The predicted molar refractivity (Wildman–Crippen MR) is 104 cm³/mol. The summed E-state index contributed by atoms with van der Waals surface area (Å²) in [4.78, 5) is 53.7. The Kier molecular flexibility index (Phi) is 4.86. The van der Waals surface area contributed by atoms with Crippen LogP contribution >= 0.6 is 0 Å². The number of imide groups is 1. The van der Waals surface area contributed by atoms with Crippen LogP contribution in [0.1, 0.15) is 49.4 Å². The number of ether oxygens (including phenoxy) is 1. The molecule has 2 aliphatic rings. The van der Waals surface area contributed by atoms with E-state index in [4.69, 9.17) is 4.74 Å². The number of aromatic nitrogens is 1. The molecule has 0 bridgehead atoms. The first-order chi connectivity index (χ1) is 13.9. The molecule has 1 aliphatic carbocycles. The second kappa shape index (κ2) is 7.35. The van der Waals surface area contributed by atoms with E-state index in [9.17, 15) is 19.2 Å². The summed E-state index contributed by atoms with van der Waals surface area (Å²) in [5.74, 6) is -1.20. The molecule has 1 aromatic carbocycles. The second-order valence-corrected chi connectivity index (χ2v) is 7.67. The zero-order valence-electron chi connectivity index (χ0n) is 16.2. The van der Waals surface area contributed by atoms with E-state index in [1.807, 2.05) is 24.3 Å². The molecule has 4 rings (SSSR count). The van der Waals surface area contributed by atoms with Crippen LogP contribution in [0.4, 0.5) is 4.79 Å². The number of benzene rings is 1. The molecule has 2 aromatic rings. The van der Waals surface area contributed by atoms with E-state index in [1.54, 1.807) is 6.20 Å². The van der Waals surface area contributed by atoms with Gasteiger partial charge in [0.2, 0.25) is 5.78 Å². The van der Waals surface area contributed by atoms with Crippen molar-refractivity contribution in [3.05, 3.63) is 36.0 Å². The number of nitrogens with zero attached hydrogens (tertiary/aromatic N) is 1. The van der Waals surface area contributed by atoms with Gasteiger partial charge in [-0.1, -0.05) is 31.0 Å². The van der Waals surface area contributed by atoms with Crippen molar-refractivity contribution >= 4 is 34.6 Å². The number of para-hydroxylation sites is 1. The summed E-state index contributed by atoms with van der Waals surface area (Å²) >= 11 is 0. The molecule has 1 atom stereocenters. The number of aromatic amines is 1. The monoisotopic (exact) mass is 397 g/mol. The Hall–Kier alpha value is -3.16. The van der Waals surface area contributed by atoms with Gasteiger partial charge >= 0.3 is 12.0 Å². The fourth-order valence-electron chi connectivity index (χ4n) is 4.20. The number of H-pyrrole nitrogens is 1. The standard InChI is InChI=1S/C21H23N3O5/c1-13(18(26)15-12-22-16-7-3-2-6-14(15)16)29-17(25)8-11-24-19(27)21(23-20(24)28)9-4-5-10-21/h2-3,6-7,12-13,22H,4-5,8-11H2,1H3,(H,23,28)/t13-/m0/s1. The van der Waals surface area contributed by atoms with E-state index >= 15 is 0 Å². The summed E-state index contributed by atoms with van der Waals surface area (Å²) in [6, 6.07) is 6.91. The molecule has 3 amide bonds. The van der Waals surface area contributed by atoms with Gasteiger partial charge in [0.15, 0.2) is 6.10 Å². The zero-order valence-corrected chi connectivity index (χ0v) is 16.2. The van der Waals surface area contributed by atoms with Crippen LogP contribution in [-0.2, 0) is 14.3 Å². The van der Waals surface area contributed by atoms with Crippen molar-refractivity contribution in [2.45, 2.75) is 50.7 Å². The normalized spacial score (nSPS) is 19.0. The third-order valence-corrected chi connectivity index (χ3v) is 5.77. The number of hydrogen-bond acceptors (Lipinski definition) is 5. The van der Waals surface area contributed by atoms with Crippen molar-refractivity contribution in [2.24, 2.45) is 0 Å². The van der Waals surface area contributed by atoms with Crippen LogP contribution in [0.3, 0.4) is 0 Å². The fourth-order valence-corrected chi connectivity index (χ4v) is 4.20. The molecule has 1 spiro atoms. The molecule has 2 N–H and O–H groups in total. The maximum atomic E-state index is 12.7. The van der Waals surface area contributed by atoms with Crippen LogP contribution in [0.5, 0.6) is 0 Å². The number of esters is 1. The van der Waals surface area contributed by atoms with Gasteiger partial charge in [-0.25, -0.2) is 4.79 Å². The number of Topliss-reactive ketones (excluding diaryl/α,β-unsaturated/α-hetero) is 1. The molecule has 152 valence electrons. The highest BCUT2D eigenvalue weighted by Crippen LogP contribution is 2.35. The maximum absolute atomic E-state index is 12.7. The Morgan fingerprint density at radius 1 is 1.21 bits per heavy atom. The number of ketones is 1. The molecule has 0 unspecified atom stereocenters. The smallest absolute Gasteiger partial charge is 0.325 e. The molecular weight excluding hydrogens is 374 g/mol. The van der Waals surface area contributed by atoms with Gasteiger partial charge in [-0.05, 0) is 25.8 Å². The van der Waals surface area contributed by atoms with E-state index < -0.39 is 23.6 Å². The minimum Gasteiger partial charge on any atom is -0.454 e. The van der Waals surface area contributed by atoms with Crippen molar-refractivity contribution in [3.8, 4) is 0 Å². The van der Waals surface area contributed by atoms with Gasteiger partial charge in [0.1, 0.15) is 5.54 Å². The number of amides is 3. The lowest BCUT2D eigenvalue weighted by atomic mass is 9.98. The first-order valence-corrected chi connectivity index (χ1v) is 9.85. The summed E-state index contributed by atoms with van der Waals surface area (Å²) in [6.45, 7) is 1.46. The van der Waals surface area contributed by atoms with Crippen molar-refractivity contribution < 1.29 is 23.9 Å². The maximum Gasteiger partial charge on any atom is 0.325 e. The second-order valence-electron chi connectivity index (χ2n) is 7.67. The van der Waals surface area contributed by atoms with E-state index in [0.29, 0.717) is 18.4 Å². The minimum atomic E-state index is -0.967. The first kappa shape index (κ1) is 19.2. The van der Waals surface area contributed by atoms with Crippen molar-refractivity contribution in [3.63, 3.8) is 0 Å². The Morgan fingerprint density at radius 2 is 1.93 bits per heavy atom. The summed E-state index contributed by atoms with van der Waals surface area (Å²) < 4.78 is 5.26. The van der Waals surface area contributed by atoms with E-state index in [0.717, 1.165) is 28.6 Å². The summed E-state index contributed by atoms with van der Waals surface area (Å²) in [5, 5.41) is 3.54. The fraction of sp³-hybridized carbons (Fsp3) is 0.429. The molecule has 0 radical (unpaired) electrons. The average molecular weight is 397 g/mol. The Balaban J connectivity index is 1.34. The number of hydrogen-bond donors (Lipinski definition) is 2. The van der Waals surface area contributed by atoms with Crippen molar-refractivity contribution in [1.29, 1.82) is 0 Å². The van der Waals surface area contributed by atoms with Gasteiger partial charge in [-0.3, -0.25) is 19.3 Å². The topological polar surface area (TPSA) is 109 Å². The zero-order chi connectivity index (χ0) is 20.6. The lowest BCUT2D eigenvalue weighted by molar-refractivity contribution is -0.146. The molecule has 2 heterocycles. The molecule has 2 fully saturated rings. The van der Waals surface area contributed by atoms with Crippen molar-refractivity contribution in [1.82, 2.24) is 15.2 Å². The highest BCUT2D eigenvalue weighted by atomic mass is 16.5. The number of carbonyl (C=O) groups is 4. The summed E-state index contributed by atoms with van der Waals surface area (Å²) in [6.07, 6.45) is 3.55. The molecule has 1 saturated carbocycles. The molecule has 1 aromatic heterocycles. The largest absolute Gasteiger partial charge is 0.454 e. The number of fused-ring (bicyclic) bond motifs is 1. The van der Waals surface area contributed by atoms with Crippen LogP contribution < -0.4 is 5.32 Å². The van der Waals surface area contributed by atoms with Crippen LogP contribution in [0, 0.1) is 0 Å². The summed E-state index contributed by atoms with van der Waals surface area (Å²) in [5.41, 5.74) is 0.492. The van der Waals surface area contributed by atoms with E-state index in [1.165, 1.54) is 6.92 Å². The Morgan fingerprint density at radius 3 is 2.69 bits per heavy atom. The van der Waals surface area contributed by atoms with Gasteiger partial charge in [0.05, 0.1) is 6.42 Å². The van der Waals surface area contributed by atoms with Crippen LogP contribution in [0.25, 0.3) is 10.9 Å². The Bertz CT molecular complexity index is 989. The first-order valence-electron chi connectivity index (χ1n) is 9.85. The summed E-state index contributed by atoms with van der Waals surface area (Å²) in [7, 11) is 0. The van der Waals surface area contributed by atoms with Gasteiger partial charge in [-0.15, -0.1) is 0 Å². The highest BCUT2D eigenvalue weighted by molar-refractivity contribution is 6.10. The van der Waals surface area contributed by atoms with Gasteiger partial charge < -0.3 is 15.0 Å². The Labute approximate surface area is 167 Å². The van der Waals surface area contributed by atoms with Gasteiger partial charge in [0.25, 0.3) is 5.91 Å². The van der Waals surface area contributed by atoms with Gasteiger partial charge in [0, 0.05) is 29.2 Å². The van der Waals surface area contributed by atoms with Crippen molar-refractivity contribution in [2.75, 3.05) is 6.54 Å². The van der Waals surface area contributed by atoms with E-state index in [-0.39, 0.29) is 24.7 Å². The van der Waals surface area contributed by atoms with Crippen LogP contribution in [0.2, 0.25) is 0 Å². The molecule has 1 saturated heterocycles. The average Bonchev–Trinajstić information content (AvgIpc) is 3.39. The highest BCUT2D eigenvalue weighted by Gasteiger charge is 2.52. The minimum absolute atomic E-state index is 0.0563. The number of rotatable bonds is 6. The SMILES string of the molecule is C[C@H](OC(=O)CCN1C(=O)NC2(CCCC2)C1=O)C(=O)c1c[nH]c2ccccc12. The molecule has 8 heteroatoms. The number of urea groups is 1. The molecule has 29 heavy (non-hydrogen) atoms. The molecule has 8 nitrogen and oxygen atoms in total. The lowest BCUT2D eigenvalue weighted by Crippen LogP contribution is -2.44. The predicted octanol–water partition coefficient (Wildman–Crippen LogP) is 2.54. The van der Waals surface area contributed by atoms with E-state index in [2.05, 4.69) is 10.3 Å². The molecule has 1 aliphatic heterocycles. The third-order valence-electron chi connectivity index (χ3n) is 5.77. The van der Waals surface area contributed by atoms with Crippen LogP contribution in [0.15, 0.2) is 30.5 Å². The third kappa shape index (κ3) is 3.39.